The van der Waals surface area contributed by atoms with Crippen molar-refractivity contribution in [2.24, 2.45) is 5.73 Å². The van der Waals surface area contributed by atoms with Crippen LogP contribution in [0.2, 0.25) is 0 Å². The maximum absolute atomic E-state index is 11.9. The van der Waals surface area contributed by atoms with Crippen molar-refractivity contribution in [2.75, 3.05) is 14.2 Å². The Kier molecular flexibility index (Phi) is 9.87. The van der Waals surface area contributed by atoms with Gasteiger partial charge in [0.05, 0.1) is 20.8 Å². The van der Waals surface area contributed by atoms with E-state index in [0.717, 1.165) is 5.56 Å². The van der Waals surface area contributed by atoms with Gasteiger partial charge in [-0.2, -0.15) is 0 Å². The molecule has 0 aliphatic heterocycles. The number of nitrogens with two attached hydrogens (primary N) is 1. The summed E-state index contributed by atoms with van der Waals surface area (Å²) in [5.74, 6) is 1.78. The fourth-order valence-electron chi connectivity index (χ4n) is 2.05. The molecule has 9 heteroatoms. The maximum Gasteiger partial charge on any atom is 0.222 e. The molecule has 0 saturated carbocycles. The van der Waals surface area contributed by atoms with Crippen LogP contribution in [-0.2, 0) is 11.3 Å². The number of amides is 1. The number of imidazole rings is 1. The molecule has 0 aliphatic rings. The average molecular weight is 377 g/mol. The highest BCUT2D eigenvalue weighted by molar-refractivity contribution is 5.85. The third-order valence-electron chi connectivity index (χ3n) is 3.25. The lowest BCUT2D eigenvalue weighted by molar-refractivity contribution is -0.121. The Bertz CT molecular complexity index is 623. The fraction of sp³-hybridized carbons (Fsp3) is 0.333. The lowest BCUT2D eigenvalue weighted by atomic mass is 10.0. The van der Waals surface area contributed by atoms with E-state index in [1.54, 1.807) is 38.7 Å². The number of carbonyl (C=O) groups is 1. The second-order valence-electron chi connectivity index (χ2n) is 4.74. The first kappa shape index (κ1) is 22.0. The maximum atomic E-state index is 11.9. The summed E-state index contributed by atoms with van der Waals surface area (Å²) < 4.78 is 10.4. The molecule has 1 amide bonds. The van der Waals surface area contributed by atoms with Gasteiger partial charge in [-0.15, -0.1) is 24.8 Å². The van der Waals surface area contributed by atoms with Crippen LogP contribution < -0.4 is 20.5 Å². The molecule has 7 nitrogen and oxygen atoms in total. The van der Waals surface area contributed by atoms with Crippen molar-refractivity contribution in [1.82, 2.24) is 15.3 Å². The number of hydrogen-bond donors (Lipinski definition) is 3. The molecule has 134 valence electrons. The number of methoxy groups -OCH3 is 2. The molecule has 1 heterocycles. The van der Waals surface area contributed by atoms with Crippen LogP contribution in [0.25, 0.3) is 0 Å². The van der Waals surface area contributed by atoms with E-state index in [0.29, 0.717) is 23.9 Å². The highest BCUT2D eigenvalue weighted by atomic mass is 35.5. The Balaban J connectivity index is 0.00000264. The number of hydrogen-bond acceptors (Lipinski definition) is 5. The first-order valence-electron chi connectivity index (χ1n) is 6.86. The van der Waals surface area contributed by atoms with Crippen molar-refractivity contribution in [3.8, 4) is 11.5 Å². The molecule has 1 aromatic heterocycles. The Morgan fingerprint density at radius 1 is 1.29 bits per heavy atom. The molecule has 2 rings (SSSR count). The van der Waals surface area contributed by atoms with Crippen molar-refractivity contribution in [3.05, 3.63) is 42.0 Å². The van der Waals surface area contributed by atoms with Gasteiger partial charge < -0.3 is 25.5 Å². The normalized spacial score (nSPS) is 10.8. The first-order chi connectivity index (χ1) is 10.6. The van der Waals surface area contributed by atoms with E-state index < -0.39 is 6.04 Å². The van der Waals surface area contributed by atoms with Crippen molar-refractivity contribution in [1.29, 1.82) is 0 Å². The summed E-state index contributed by atoms with van der Waals surface area (Å²) in [6, 6.07) is 4.96. The van der Waals surface area contributed by atoms with Gasteiger partial charge in [0.1, 0.15) is 5.82 Å². The van der Waals surface area contributed by atoms with Crippen LogP contribution in [0.3, 0.4) is 0 Å². The van der Waals surface area contributed by atoms with Crippen LogP contribution >= 0.6 is 24.8 Å². The Morgan fingerprint density at radius 3 is 2.58 bits per heavy atom. The number of halogens is 2. The van der Waals surface area contributed by atoms with Gasteiger partial charge in [-0.05, 0) is 17.7 Å². The molecular weight excluding hydrogens is 355 g/mol. The molecule has 0 aliphatic carbocycles. The van der Waals surface area contributed by atoms with Gasteiger partial charge in [-0.1, -0.05) is 6.07 Å². The van der Waals surface area contributed by atoms with E-state index >= 15 is 0 Å². The monoisotopic (exact) mass is 376 g/mol. The van der Waals surface area contributed by atoms with Crippen LogP contribution in [0.15, 0.2) is 30.6 Å². The summed E-state index contributed by atoms with van der Waals surface area (Å²) >= 11 is 0. The van der Waals surface area contributed by atoms with Crippen LogP contribution in [0.4, 0.5) is 0 Å². The molecule has 2 aromatic rings. The lowest BCUT2D eigenvalue weighted by Crippen LogP contribution is -2.27. The lowest BCUT2D eigenvalue weighted by Gasteiger charge is -2.14. The minimum atomic E-state index is -0.420. The molecule has 1 aromatic carbocycles. The number of benzene rings is 1. The van der Waals surface area contributed by atoms with Crippen LogP contribution in [0, 0.1) is 0 Å². The average Bonchev–Trinajstić information content (AvgIpc) is 3.05. The zero-order valence-corrected chi connectivity index (χ0v) is 15.1. The molecule has 1 unspecified atom stereocenters. The number of nitrogens with zero attached hydrogens (tertiary/aromatic N) is 1. The van der Waals surface area contributed by atoms with E-state index in [4.69, 9.17) is 15.2 Å². The standard InChI is InChI=1S/C15H20N4O3.2ClH/c1-21-12-4-3-10(7-13(12)22-2)11(16)8-15(20)19-9-14-17-5-6-18-14;;/h3-7,11H,8-9,16H2,1-2H3,(H,17,18)(H,19,20);2*1H. The molecular formula is C15H22Cl2N4O3. The van der Waals surface area contributed by atoms with Crippen molar-refractivity contribution in [2.45, 2.75) is 19.0 Å². The second kappa shape index (κ2) is 10.7. The predicted octanol–water partition coefficient (Wildman–Crippen LogP) is 1.98. The van der Waals surface area contributed by atoms with Gasteiger partial charge in [0.25, 0.3) is 0 Å². The molecule has 1 atom stereocenters. The molecule has 0 saturated heterocycles. The van der Waals surface area contributed by atoms with Gasteiger partial charge in [-0.25, -0.2) is 4.98 Å². The van der Waals surface area contributed by atoms with Crippen LogP contribution in [-0.4, -0.2) is 30.1 Å². The minimum Gasteiger partial charge on any atom is -0.493 e. The molecule has 0 bridgehead atoms. The summed E-state index contributed by atoms with van der Waals surface area (Å²) in [5, 5.41) is 2.77. The third-order valence-corrected chi connectivity index (χ3v) is 3.25. The number of rotatable bonds is 7. The van der Waals surface area contributed by atoms with Gasteiger partial charge in [0, 0.05) is 24.9 Å². The first-order valence-corrected chi connectivity index (χ1v) is 6.86. The van der Waals surface area contributed by atoms with Gasteiger partial charge >= 0.3 is 0 Å². The highest BCUT2D eigenvalue weighted by Crippen LogP contribution is 2.30. The van der Waals surface area contributed by atoms with Crippen LogP contribution in [0.1, 0.15) is 23.9 Å². The second-order valence-corrected chi connectivity index (χ2v) is 4.74. The Labute approximate surface area is 153 Å². The number of aromatic amines is 1. The van der Waals surface area contributed by atoms with E-state index in [9.17, 15) is 4.79 Å². The van der Waals surface area contributed by atoms with E-state index in [2.05, 4.69) is 15.3 Å². The zero-order chi connectivity index (χ0) is 15.9. The van der Waals surface area contributed by atoms with Crippen molar-refractivity contribution < 1.29 is 14.3 Å². The predicted molar refractivity (Wildman–Crippen MR) is 96.0 cm³/mol. The van der Waals surface area contributed by atoms with Gasteiger partial charge in [-0.3, -0.25) is 4.79 Å². The quantitative estimate of drug-likeness (QED) is 0.685. The molecule has 4 N–H and O–H groups in total. The Hall–Kier alpha value is -1.96. The van der Waals surface area contributed by atoms with Crippen LogP contribution in [0.5, 0.6) is 11.5 Å². The minimum absolute atomic E-state index is 0. The largest absolute Gasteiger partial charge is 0.493 e. The van der Waals surface area contributed by atoms with Gasteiger partial charge in [0.15, 0.2) is 11.5 Å². The van der Waals surface area contributed by atoms with E-state index in [1.165, 1.54) is 0 Å². The van der Waals surface area contributed by atoms with E-state index in [-0.39, 0.29) is 37.1 Å². The molecule has 24 heavy (non-hydrogen) atoms. The Morgan fingerprint density at radius 2 is 2.00 bits per heavy atom. The summed E-state index contributed by atoms with van der Waals surface area (Å²) in [7, 11) is 3.13. The number of carbonyl (C=O) groups excluding carboxylic acids is 1. The third kappa shape index (κ3) is 5.92. The number of nitrogens with one attached hydrogen (secondary N) is 2. The summed E-state index contributed by atoms with van der Waals surface area (Å²) in [6.07, 6.45) is 3.52. The summed E-state index contributed by atoms with van der Waals surface area (Å²) in [5.41, 5.74) is 6.89. The van der Waals surface area contributed by atoms with Gasteiger partial charge in [0.2, 0.25) is 5.91 Å². The van der Waals surface area contributed by atoms with Crippen molar-refractivity contribution >= 4 is 30.7 Å². The van der Waals surface area contributed by atoms with E-state index in [1.807, 2.05) is 6.07 Å². The fourth-order valence-corrected chi connectivity index (χ4v) is 2.05. The number of aromatic nitrogens is 2. The van der Waals surface area contributed by atoms with Crippen molar-refractivity contribution in [3.63, 3.8) is 0 Å². The summed E-state index contributed by atoms with van der Waals surface area (Å²) in [4.78, 5) is 18.9. The summed E-state index contributed by atoms with van der Waals surface area (Å²) in [6.45, 7) is 0.352. The highest BCUT2D eigenvalue weighted by Gasteiger charge is 2.14. The topological polar surface area (TPSA) is 102 Å². The smallest absolute Gasteiger partial charge is 0.222 e. The number of ether oxygens (including phenoxy) is 2. The molecule has 0 spiro atoms. The zero-order valence-electron chi connectivity index (χ0n) is 13.4. The molecule has 0 fully saturated rings. The number of H-pyrrole nitrogens is 1. The SMILES string of the molecule is COc1ccc(C(N)CC(=O)NCc2ncc[nH]2)cc1OC.Cl.Cl. The molecule has 0 radical (unpaired) electrons.